The quantitative estimate of drug-likeness (QED) is 0.838. The van der Waals surface area contributed by atoms with Crippen molar-refractivity contribution < 1.29 is 9.47 Å². The van der Waals surface area contributed by atoms with Gasteiger partial charge in [0, 0.05) is 37.8 Å². The maximum atomic E-state index is 5.47. The van der Waals surface area contributed by atoms with E-state index in [4.69, 9.17) is 9.47 Å². The summed E-state index contributed by atoms with van der Waals surface area (Å²) in [5.41, 5.74) is 3.87. The summed E-state index contributed by atoms with van der Waals surface area (Å²) in [5, 5.41) is 3.61. The van der Waals surface area contributed by atoms with Crippen molar-refractivity contribution in [3.05, 3.63) is 65.2 Å². The van der Waals surface area contributed by atoms with Crippen LogP contribution in [-0.2, 0) is 17.8 Å². The number of nitrogens with zero attached hydrogens (tertiary/aromatic N) is 1. The van der Waals surface area contributed by atoms with Gasteiger partial charge in [0.1, 0.15) is 5.75 Å². The summed E-state index contributed by atoms with van der Waals surface area (Å²) in [6.07, 6.45) is 0. The normalized spacial score (nSPS) is 16.6. The third-order valence-corrected chi connectivity index (χ3v) is 4.72. The summed E-state index contributed by atoms with van der Waals surface area (Å²) < 4.78 is 10.9. The highest BCUT2D eigenvalue weighted by atomic mass is 16.5. The fraction of sp³-hybridized carbons (Fsp3) is 0.429. The van der Waals surface area contributed by atoms with Crippen molar-refractivity contribution in [2.75, 3.05) is 33.4 Å². The Morgan fingerprint density at radius 1 is 1.08 bits per heavy atom. The van der Waals surface area contributed by atoms with Crippen LogP contribution in [0.15, 0.2) is 48.5 Å². The molecule has 3 rings (SSSR count). The fourth-order valence-corrected chi connectivity index (χ4v) is 3.26. The predicted octanol–water partition coefficient (Wildman–Crippen LogP) is 3.38. The first-order valence-corrected chi connectivity index (χ1v) is 9.00. The van der Waals surface area contributed by atoms with Gasteiger partial charge in [0.15, 0.2) is 0 Å². The zero-order chi connectivity index (χ0) is 17.5. The predicted molar refractivity (Wildman–Crippen MR) is 101 cm³/mol. The monoisotopic (exact) mass is 340 g/mol. The Kier molecular flexibility index (Phi) is 6.45. The Hall–Kier alpha value is -1.88. The molecule has 0 spiro atoms. The summed E-state index contributed by atoms with van der Waals surface area (Å²) >= 11 is 0. The molecule has 2 aromatic carbocycles. The number of rotatable bonds is 7. The van der Waals surface area contributed by atoms with Gasteiger partial charge in [-0.15, -0.1) is 0 Å². The van der Waals surface area contributed by atoms with E-state index in [1.807, 2.05) is 12.1 Å². The van der Waals surface area contributed by atoms with E-state index < -0.39 is 0 Å². The molecule has 25 heavy (non-hydrogen) atoms. The highest BCUT2D eigenvalue weighted by Gasteiger charge is 2.12. The molecule has 0 unspecified atom stereocenters. The molecular weight excluding hydrogens is 312 g/mol. The summed E-state index contributed by atoms with van der Waals surface area (Å²) in [4.78, 5) is 2.45. The van der Waals surface area contributed by atoms with E-state index >= 15 is 0 Å². The first-order chi connectivity index (χ1) is 12.3. The van der Waals surface area contributed by atoms with Crippen LogP contribution in [0.1, 0.15) is 29.7 Å². The highest BCUT2D eigenvalue weighted by Crippen LogP contribution is 2.24. The Balaban J connectivity index is 1.58. The first-order valence-electron chi connectivity index (χ1n) is 9.00. The van der Waals surface area contributed by atoms with Gasteiger partial charge in [0.25, 0.3) is 0 Å². The standard InChI is InChI=1S/C21H28N2O2/c1-17(20-8-3-4-9-21(20)24-2)22-15-18-6-5-7-19(14-18)16-23-10-12-25-13-11-23/h3-9,14,17,22H,10-13,15-16H2,1-2H3/t17-/m1/s1. The van der Waals surface area contributed by atoms with E-state index in [-0.39, 0.29) is 6.04 Å². The molecule has 1 aliphatic rings. The molecule has 4 nitrogen and oxygen atoms in total. The average Bonchev–Trinajstić information content (AvgIpc) is 2.67. The van der Waals surface area contributed by atoms with Crippen molar-refractivity contribution in [2.24, 2.45) is 0 Å². The number of hydrogen-bond acceptors (Lipinski definition) is 4. The lowest BCUT2D eigenvalue weighted by molar-refractivity contribution is 0.0342. The fourth-order valence-electron chi connectivity index (χ4n) is 3.26. The van der Waals surface area contributed by atoms with Crippen LogP contribution in [-0.4, -0.2) is 38.3 Å². The number of hydrogen-bond donors (Lipinski definition) is 1. The number of ether oxygens (including phenoxy) is 2. The molecule has 0 aromatic heterocycles. The van der Waals surface area contributed by atoms with E-state index in [9.17, 15) is 0 Å². The second-order valence-corrected chi connectivity index (χ2v) is 6.55. The van der Waals surface area contributed by atoms with Gasteiger partial charge in [-0.05, 0) is 24.1 Å². The summed E-state index contributed by atoms with van der Waals surface area (Å²) in [5.74, 6) is 0.934. The average molecular weight is 340 g/mol. The van der Waals surface area contributed by atoms with E-state index in [0.717, 1.165) is 45.1 Å². The Bertz CT molecular complexity index is 668. The molecule has 4 heteroatoms. The molecule has 1 fully saturated rings. The minimum Gasteiger partial charge on any atom is -0.496 e. The maximum absolute atomic E-state index is 5.47. The van der Waals surface area contributed by atoms with Gasteiger partial charge in [0.05, 0.1) is 20.3 Å². The molecule has 1 heterocycles. The molecular formula is C21H28N2O2. The molecule has 2 aromatic rings. The van der Waals surface area contributed by atoms with Gasteiger partial charge in [-0.1, -0.05) is 42.5 Å². The molecule has 0 radical (unpaired) electrons. The van der Waals surface area contributed by atoms with Gasteiger partial charge in [-0.3, -0.25) is 4.90 Å². The minimum absolute atomic E-state index is 0.235. The van der Waals surface area contributed by atoms with Crippen LogP contribution in [0.3, 0.4) is 0 Å². The van der Waals surface area contributed by atoms with E-state index in [1.165, 1.54) is 16.7 Å². The van der Waals surface area contributed by atoms with Crippen molar-refractivity contribution in [1.82, 2.24) is 10.2 Å². The van der Waals surface area contributed by atoms with Crippen molar-refractivity contribution in [2.45, 2.75) is 26.1 Å². The minimum atomic E-state index is 0.235. The Morgan fingerprint density at radius 3 is 2.64 bits per heavy atom. The van der Waals surface area contributed by atoms with Crippen LogP contribution >= 0.6 is 0 Å². The summed E-state index contributed by atoms with van der Waals surface area (Å²) in [6, 6.07) is 17.3. The highest BCUT2D eigenvalue weighted by molar-refractivity contribution is 5.35. The topological polar surface area (TPSA) is 33.7 Å². The lowest BCUT2D eigenvalue weighted by Gasteiger charge is -2.26. The molecule has 1 N–H and O–H groups in total. The third kappa shape index (κ3) is 5.05. The van der Waals surface area contributed by atoms with Gasteiger partial charge < -0.3 is 14.8 Å². The van der Waals surface area contributed by atoms with E-state index in [0.29, 0.717) is 0 Å². The Labute approximate surface area is 150 Å². The third-order valence-electron chi connectivity index (χ3n) is 4.72. The lowest BCUT2D eigenvalue weighted by atomic mass is 10.1. The molecule has 1 atom stereocenters. The van der Waals surface area contributed by atoms with Crippen LogP contribution in [0, 0.1) is 0 Å². The second-order valence-electron chi connectivity index (χ2n) is 6.55. The number of methoxy groups -OCH3 is 1. The van der Waals surface area contributed by atoms with Crippen molar-refractivity contribution in [3.8, 4) is 5.75 Å². The zero-order valence-electron chi connectivity index (χ0n) is 15.2. The lowest BCUT2D eigenvalue weighted by Crippen LogP contribution is -2.35. The molecule has 1 aliphatic heterocycles. The van der Waals surface area contributed by atoms with Crippen LogP contribution < -0.4 is 10.1 Å². The number of para-hydroxylation sites is 1. The Morgan fingerprint density at radius 2 is 1.84 bits per heavy atom. The molecule has 0 aliphatic carbocycles. The molecule has 1 saturated heterocycles. The van der Waals surface area contributed by atoms with Crippen LogP contribution in [0.5, 0.6) is 5.75 Å². The van der Waals surface area contributed by atoms with Gasteiger partial charge in [-0.25, -0.2) is 0 Å². The van der Waals surface area contributed by atoms with Crippen LogP contribution in [0.2, 0.25) is 0 Å². The van der Waals surface area contributed by atoms with Crippen molar-refractivity contribution >= 4 is 0 Å². The summed E-state index contributed by atoms with van der Waals surface area (Å²) in [6.45, 7) is 7.75. The van der Waals surface area contributed by atoms with Crippen LogP contribution in [0.25, 0.3) is 0 Å². The zero-order valence-corrected chi connectivity index (χ0v) is 15.2. The van der Waals surface area contributed by atoms with E-state index in [2.05, 4.69) is 53.5 Å². The SMILES string of the molecule is COc1ccccc1[C@@H](C)NCc1cccc(CN2CCOCC2)c1. The van der Waals surface area contributed by atoms with Gasteiger partial charge >= 0.3 is 0 Å². The summed E-state index contributed by atoms with van der Waals surface area (Å²) in [7, 11) is 1.72. The number of morpholine rings is 1. The molecule has 0 saturated carbocycles. The maximum Gasteiger partial charge on any atom is 0.123 e. The smallest absolute Gasteiger partial charge is 0.123 e. The molecule has 134 valence electrons. The second kappa shape index (κ2) is 8.99. The molecule has 0 bridgehead atoms. The van der Waals surface area contributed by atoms with E-state index in [1.54, 1.807) is 7.11 Å². The first kappa shape index (κ1) is 17.9. The van der Waals surface area contributed by atoms with Crippen LogP contribution in [0.4, 0.5) is 0 Å². The van der Waals surface area contributed by atoms with Crippen molar-refractivity contribution in [1.29, 1.82) is 0 Å². The number of benzene rings is 2. The molecule has 0 amide bonds. The van der Waals surface area contributed by atoms with Gasteiger partial charge in [0.2, 0.25) is 0 Å². The number of nitrogens with one attached hydrogen (secondary N) is 1. The largest absolute Gasteiger partial charge is 0.496 e. The van der Waals surface area contributed by atoms with Gasteiger partial charge in [-0.2, -0.15) is 0 Å². The van der Waals surface area contributed by atoms with Crippen molar-refractivity contribution in [3.63, 3.8) is 0 Å².